The number of aliphatic hydroxyl groups is 2. The highest BCUT2D eigenvalue weighted by Gasteiger charge is 2.11. The van der Waals surface area contributed by atoms with Gasteiger partial charge in [0.05, 0.1) is 26.4 Å². The largest absolute Gasteiger partial charge is 0.504 e. The molecule has 0 amide bonds. The van der Waals surface area contributed by atoms with Crippen LogP contribution in [-0.4, -0.2) is 46.9 Å². The molecule has 0 fully saturated rings. The normalized spacial score (nSPS) is 13.5. The van der Waals surface area contributed by atoms with Crippen LogP contribution in [-0.2, 0) is 6.42 Å². The highest BCUT2D eigenvalue weighted by Crippen LogP contribution is 2.28. The fraction of sp³-hybridized carbons (Fsp3) is 0.333. The zero-order chi connectivity index (χ0) is 19.8. The smallest absolute Gasteiger partial charge is 0.161 e. The van der Waals surface area contributed by atoms with Crippen LogP contribution in [0.15, 0.2) is 42.5 Å². The van der Waals surface area contributed by atoms with Crippen molar-refractivity contribution in [3.05, 3.63) is 53.6 Å². The van der Waals surface area contributed by atoms with Crippen molar-refractivity contribution in [2.45, 2.75) is 31.5 Å². The monoisotopic (exact) mass is 374 g/mol. The van der Waals surface area contributed by atoms with E-state index in [9.17, 15) is 20.4 Å². The number of aryl methyl sites for hydroxylation is 1. The minimum Gasteiger partial charge on any atom is -0.504 e. The van der Waals surface area contributed by atoms with E-state index in [4.69, 9.17) is 9.47 Å². The second kappa shape index (κ2) is 9.85. The third-order valence-corrected chi connectivity index (χ3v) is 4.24. The number of aromatic hydroxyl groups is 2. The Balaban J connectivity index is 1.85. The molecule has 6 heteroatoms. The lowest BCUT2D eigenvalue weighted by atomic mass is 10.0. The van der Waals surface area contributed by atoms with Gasteiger partial charge >= 0.3 is 0 Å². The van der Waals surface area contributed by atoms with Crippen LogP contribution in [0.4, 0.5) is 0 Å². The van der Waals surface area contributed by atoms with Gasteiger partial charge in [0, 0.05) is 6.42 Å². The molecule has 2 aromatic carbocycles. The van der Waals surface area contributed by atoms with E-state index in [-0.39, 0.29) is 17.9 Å². The molecule has 0 saturated carbocycles. The van der Waals surface area contributed by atoms with Crippen molar-refractivity contribution in [3.63, 3.8) is 0 Å². The molecule has 0 aromatic heterocycles. The van der Waals surface area contributed by atoms with Crippen LogP contribution in [0.5, 0.6) is 23.0 Å². The number of rotatable bonds is 9. The number of phenolic OH excluding ortho intramolecular Hbond substituents is 2. The summed E-state index contributed by atoms with van der Waals surface area (Å²) in [5.41, 5.74) is 1.71. The predicted octanol–water partition coefficient (Wildman–Crippen LogP) is 2.87. The number of hydrogen-bond donors (Lipinski definition) is 4. The van der Waals surface area contributed by atoms with Crippen LogP contribution in [0, 0.1) is 0 Å². The van der Waals surface area contributed by atoms with Gasteiger partial charge in [0.25, 0.3) is 0 Å². The lowest BCUT2D eigenvalue weighted by Crippen LogP contribution is -2.16. The van der Waals surface area contributed by atoms with Gasteiger partial charge in [-0.3, -0.25) is 0 Å². The molecule has 2 aromatic rings. The average molecular weight is 374 g/mol. The van der Waals surface area contributed by atoms with Gasteiger partial charge < -0.3 is 29.9 Å². The maximum atomic E-state index is 10.2. The van der Waals surface area contributed by atoms with Crippen LogP contribution in [0.2, 0.25) is 0 Å². The number of benzene rings is 2. The summed E-state index contributed by atoms with van der Waals surface area (Å²) in [6.45, 7) is 0. The molecule has 2 atom stereocenters. The van der Waals surface area contributed by atoms with Crippen molar-refractivity contribution >= 4 is 6.08 Å². The standard InChI is InChI=1S/C21H26O6/c1-26-20-11-14(5-9-18(20)24)3-7-16(22)13-17(23)8-4-15-6-10-19(25)21(12-15)27-2/h3,5-7,9-12,16-17,22-25H,4,8,13H2,1-2H3/b7-3+. The van der Waals surface area contributed by atoms with Crippen molar-refractivity contribution < 1.29 is 29.9 Å². The third-order valence-electron chi connectivity index (χ3n) is 4.24. The molecule has 27 heavy (non-hydrogen) atoms. The van der Waals surface area contributed by atoms with Gasteiger partial charge in [-0.1, -0.05) is 24.3 Å². The van der Waals surface area contributed by atoms with Crippen molar-refractivity contribution in [2.24, 2.45) is 0 Å². The molecule has 0 aliphatic carbocycles. The van der Waals surface area contributed by atoms with E-state index < -0.39 is 12.2 Å². The van der Waals surface area contributed by atoms with E-state index in [1.165, 1.54) is 20.3 Å². The fourth-order valence-electron chi connectivity index (χ4n) is 2.71. The fourth-order valence-corrected chi connectivity index (χ4v) is 2.71. The number of aliphatic hydroxyl groups excluding tert-OH is 2. The average Bonchev–Trinajstić information content (AvgIpc) is 2.66. The summed E-state index contributed by atoms with van der Waals surface area (Å²) in [7, 11) is 2.96. The summed E-state index contributed by atoms with van der Waals surface area (Å²) in [6, 6.07) is 9.95. The van der Waals surface area contributed by atoms with Crippen molar-refractivity contribution in [2.75, 3.05) is 14.2 Å². The zero-order valence-corrected chi connectivity index (χ0v) is 15.5. The Labute approximate surface area is 158 Å². The van der Waals surface area contributed by atoms with Crippen LogP contribution in [0.3, 0.4) is 0 Å². The first-order valence-corrected chi connectivity index (χ1v) is 8.70. The van der Waals surface area contributed by atoms with E-state index in [0.717, 1.165) is 11.1 Å². The lowest BCUT2D eigenvalue weighted by molar-refractivity contribution is 0.0983. The Morgan fingerprint density at radius 1 is 0.926 bits per heavy atom. The number of hydrogen-bond acceptors (Lipinski definition) is 6. The molecular weight excluding hydrogens is 348 g/mol. The molecule has 2 rings (SSSR count). The van der Waals surface area contributed by atoms with E-state index in [2.05, 4.69) is 0 Å². The Morgan fingerprint density at radius 2 is 1.56 bits per heavy atom. The first kappa shape index (κ1) is 20.6. The molecule has 0 radical (unpaired) electrons. The maximum absolute atomic E-state index is 10.2. The second-order valence-electron chi connectivity index (χ2n) is 6.29. The van der Waals surface area contributed by atoms with Crippen LogP contribution in [0.25, 0.3) is 6.08 Å². The van der Waals surface area contributed by atoms with Gasteiger partial charge in [-0.2, -0.15) is 0 Å². The summed E-state index contributed by atoms with van der Waals surface area (Å²) >= 11 is 0. The molecule has 0 heterocycles. The highest BCUT2D eigenvalue weighted by molar-refractivity contribution is 5.55. The summed E-state index contributed by atoms with van der Waals surface area (Å²) in [5.74, 6) is 0.884. The first-order valence-electron chi connectivity index (χ1n) is 8.70. The third kappa shape index (κ3) is 6.20. The Morgan fingerprint density at radius 3 is 2.22 bits per heavy atom. The predicted molar refractivity (Wildman–Crippen MR) is 103 cm³/mol. The zero-order valence-electron chi connectivity index (χ0n) is 15.5. The SMILES string of the molecule is COc1cc(/C=C/C(O)CC(O)CCc2ccc(O)c(OC)c2)ccc1O. The van der Waals surface area contributed by atoms with Gasteiger partial charge in [-0.05, 0) is 48.2 Å². The number of ether oxygens (including phenoxy) is 2. The van der Waals surface area contributed by atoms with Crippen molar-refractivity contribution in [1.82, 2.24) is 0 Å². The minimum atomic E-state index is -0.797. The van der Waals surface area contributed by atoms with Gasteiger partial charge in [0.15, 0.2) is 23.0 Å². The molecule has 0 spiro atoms. The Bertz CT molecular complexity index is 771. The molecule has 0 bridgehead atoms. The quantitative estimate of drug-likeness (QED) is 0.539. The Hall–Kier alpha value is -2.70. The molecule has 146 valence electrons. The summed E-state index contributed by atoms with van der Waals surface area (Å²) in [4.78, 5) is 0. The molecule has 6 nitrogen and oxygen atoms in total. The van der Waals surface area contributed by atoms with Gasteiger partial charge in [0.2, 0.25) is 0 Å². The molecule has 0 saturated heterocycles. The molecule has 0 aliphatic rings. The summed E-state index contributed by atoms with van der Waals surface area (Å²) in [5, 5.41) is 39.4. The molecule has 0 aliphatic heterocycles. The Kier molecular flexibility index (Phi) is 7.52. The van der Waals surface area contributed by atoms with Crippen molar-refractivity contribution in [1.29, 1.82) is 0 Å². The van der Waals surface area contributed by atoms with E-state index in [0.29, 0.717) is 24.3 Å². The summed E-state index contributed by atoms with van der Waals surface area (Å²) < 4.78 is 10.1. The molecule has 2 unspecified atom stereocenters. The number of phenols is 2. The van der Waals surface area contributed by atoms with Crippen LogP contribution < -0.4 is 9.47 Å². The number of methoxy groups -OCH3 is 2. The van der Waals surface area contributed by atoms with Crippen LogP contribution >= 0.6 is 0 Å². The van der Waals surface area contributed by atoms with E-state index in [1.54, 1.807) is 42.5 Å². The minimum absolute atomic E-state index is 0.0523. The van der Waals surface area contributed by atoms with Gasteiger partial charge in [-0.25, -0.2) is 0 Å². The van der Waals surface area contributed by atoms with Gasteiger partial charge in [-0.15, -0.1) is 0 Å². The molecule has 4 N–H and O–H groups in total. The van der Waals surface area contributed by atoms with Crippen molar-refractivity contribution in [3.8, 4) is 23.0 Å². The van der Waals surface area contributed by atoms with Crippen LogP contribution in [0.1, 0.15) is 24.0 Å². The second-order valence-corrected chi connectivity index (χ2v) is 6.29. The molecular formula is C21H26O6. The topological polar surface area (TPSA) is 99.4 Å². The van der Waals surface area contributed by atoms with E-state index >= 15 is 0 Å². The lowest BCUT2D eigenvalue weighted by Gasteiger charge is -2.14. The highest BCUT2D eigenvalue weighted by atomic mass is 16.5. The maximum Gasteiger partial charge on any atom is 0.161 e. The first-order chi connectivity index (χ1) is 12.9. The summed E-state index contributed by atoms with van der Waals surface area (Å²) in [6.07, 6.45) is 3.13. The van der Waals surface area contributed by atoms with E-state index in [1.807, 2.05) is 0 Å². The van der Waals surface area contributed by atoms with Gasteiger partial charge in [0.1, 0.15) is 0 Å².